The van der Waals surface area contributed by atoms with Crippen molar-refractivity contribution in [1.82, 2.24) is 4.57 Å². The number of anilines is 1. The molecule has 0 bridgehead atoms. The highest BCUT2D eigenvalue weighted by atomic mass is 79.9. The Morgan fingerprint density at radius 3 is 2.64 bits per heavy atom. The number of nitrogens with zero attached hydrogens (tertiary/aromatic N) is 2. The zero-order valence-corrected chi connectivity index (χ0v) is 13.9. The average molecular weight is 364 g/mol. The van der Waals surface area contributed by atoms with Crippen LogP contribution in [-0.2, 0) is 4.74 Å². The molecule has 0 spiro atoms. The van der Waals surface area contributed by atoms with E-state index in [0.29, 0.717) is 15.9 Å². The molecule has 7 heteroatoms. The number of nitrogen functional groups attached to an aromatic ring is 1. The highest BCUT2D eigenvalue weighted by molar-refractivity contribution is 9.10. The van der Waals surface area contributed by atoms with Crippen molar-refractivity contribution in [3.05, 3.63) is 39.6 Å². The molecule has 1 aromatic heterocycles. The van der Waals surface area contributed by atoms with Gasteiger partial charge >= 0.3 is 5.97 Å². The molecule has 6 nitrogen and oxygen atoms in total. The SMILES string of the molecule is COC(=O)c1c(N)c(C#N)cn1-c1c(Br)cc(C)cc1OC. The molecule has 2 rings (SSSR count). The van der Waals surface area contributed by atoms with Crippen LogP contribution in [0.1, 0.15) is 21.6 Å². The molecule has 0 amide bonds. The second-order valence-electron chi connectivity index (χ2n) is 4.58. The number of hydrogen-bond donors (Lipinski definition) is 1. The van der Waals surface area contributed by atoms with Crippen LogP contribution in [0.3, 0.4) is 0 Å². The number of ether oxygens (including phenoxy) is 2. The van der Waals surface area contributed by atoms with Crippen LogP contribution in [0, 0.1) is 18.3 Å². The summed E-state index contributed by atoms with van der Waals surface area (Å²) in [5.41, 5.74) is 7.80. The number of hydrogen-bond acceptors (Lipinski definition) is 5. The zero-order chi connectivity index (χ0) is 16.4. The molecule has 0 saturated heterocycles. The van der Waals surface area contributed by atoms with E-state index in [1.54, 1.807) is 0 Å². The molecule has 2 N–H and O–H groups in total. The lowest BCUT2D eigenvalue weighted by Gasteiger charge is -2.15. The van der Waals surface area contributed by atoms with Crippen molar-refractivity contribution in [2.24, 2.45) is 0 Å². The van der Waals surface area contributed by atoms with Gasteiger partial charge < -0.3 is 19.8 Å². The van der Waals surface area contributed by atoms with Crippen LogP contribution in [0.5, 0.6) is 5.75 Å². The van der Waals surface area contributed by atoms with E-state index < -0.39 is 5.97 Å². The van der Waals surface area contributed by atoms with E-state index in [4.69, 9.17) is 20.5 Å². The number of halogens is 1. The quantitative estimate of drug-likeness (QED) is 0.846. The van der Waals surface area contributed by atoms with Crippen molar-refractivity contribution < 1.29 is 14.3 Å². The van der Waals surface area contributed by atoms with Crippen molar-refractivity contribution in [2.45, 2.75) is 6.92 Å². The Hall–Kier alpha value is -2.46. The van der Waals surface area contributed by atoms with E-state index in [-0.39, 0.29) is 16.9 Å². The van der Waals surface area contributed by atoms with E-state index in [2.05, 4.69) is 15.9 Å². The van der Waals surface area contributed by atoms with Crippen LogP contribution in [0.25, 0.3) is 5.69 Å². The first-order valence-corrected chi connectivity index (χ1v) is 7.07. The lowest BCUT2D eigenvalue weighted by Crippen LogP contribution is -2.12. The van der Waals surface area contributed by atoms with Gasteiger partial charge in [-0.3, -0.25) is 0 Å². The van der Waals surface area contributed by atoms with Gasteiger partial charge in [-0.05, 0) is 40.5 Å². The first-order chi connectivity index (χ1) is 10.4. The third-order valence-corrected chi connectivity index (χ3v) is 3.78. The maximum Gasteiger partial charge on any atom is 0.357 e. The Kier molecular flexibility index (Phi) is 4.43. The average Bonchev–Trinajstić information content (AvgIpc) is 2.81. The number of carbonyl (C=O) groups excluding carboxylic acids is 1. The van der Waals surface area contributed by atoms with Crippen molar-refractivity contribution in [1.29, 1.82) is 5.26 Å². The highest BCUT2D eigenvalue weighted by Crippen LogP contribution is 2.36. The minimum atomic E-state index is -0.631. The molecule has 1 heterocycles. The molecule has 0 aliphatic carbocycles. The fourth-order valence-electron chi connectivity index (χ4n) is 2.18. The molecule has 0 radical (unpaired) electrons. The summed E-state index contributed by atoms with van der Waals surface area (Å²) in [5.74, 6) is -0.0926. The molecule has 0 saturated carbocycles. The van der Waals surface area contributed by atoms with Crippen LogP contribution in [0.15, 0.2) is 22.8 Å². The molecule has 114 valence electrons. The fraction of sp³-hybridized carbons (Fsp3) is 0.200. The van der Waals surface area contributed by atoms with Gasteiger partial charge in [0.05, 0.1) is 25.5 Å². The number of aryl methyl sites for hydroxylation is 1. The van der Waals surface area contributed by atoms with Gasteiger partial charge in [-0.15, -0.1) is 0 Å². The van der Waals surface area contributed by atoms with Crippen LogP contribution >= 0.6 is 15.9 Å². The van der Waals surface area contributed by atoms with Crippen LogP contribution in [0.4, 0.5) is 5.69 Å². The smallest absolute Gasteiger partial charge is 0.357 e. The van der Waals surface area contributed by atoms with Gasteiger partial charge in [0.15, 0.2) is 5.69 Å². The summed E-state index contributed by atoms with van der Waals surface area (Å²) in [5, 5.41) is 9.16. The Bertz CT molecular complexity index is 790. The number of nitriles is 1. The number of benzene rings is 1. The third-order valence-electron chi connectivity index (χ3n) is 3.18. The molecule has 0 atom stereocenters. The number of rotatable bonds is 3. The topological polar surface area (TPSA) is 90.3 Å². The van der Waals surface area contributed by atoms with Gasteiger partial charge in [-0.2, -0.15) is 5.26 Å². The molecule has 0 fully saturated rings. The Balaban J connectivity index is 2.84. The van der Waals surface area contributed by atoms with Gasteiger partial charge in [-0.1, -0.05) is 0 Å². The number of aromatic nitrogens is 1. The highest BCUT2D eigenvalue weighted by Gasteiger charge is 2.24. The van der Waals surface area contributed by atoms with Gasteiger partial charge in [0.25, 0.3) is 0 Å². The minimum Gasteiger partial charge on any atom is -0.495 e. The number of carbonyl (C=O) groups is 1. The van der Waals surface area contributed by atoms with Crippen molar-refractivity contribution in [2.75, 3.05) is 20.0 Å². The number of nitrogens with two attached hydrogens (primary N) is 1. The lowest BCUT2D eigenvalue weighted by molar-refractivity contribution is 0.0593. The fourth-order valence-corrected chi connectivity index (χ4v) is 2.93. The Morgan fingerprint density at radius 2 is 2.09 bits per heavy atom. The summed E-state index contributed by atoms with van der Waals surface area (Å²) in [6, 6.07) is 5.66. The van der Waals surface area contributed by atoms with Gasteiger partial charge in [-0.25, -0.2) is 4.79 Å². The lowest BCUT2D eigenvalue weighted by atomic mass is 10.2. The zero-order valence-electron chi connectivity index (χ0n) is 12.3. The molecule has 0 aliphatic rings. The molecule has 2 aromatic rings. The van der Waals surface area contributed by atoms with Crippen LogP contribution < -0.4 is 10.5 Å². The summed E-state index contributed by atoms with van der Waals surface area (Å²) in [6.07, 6.45) is 1.49. The standard InChI is InChI=1S/C15H14BrN3O3/c1-8-4-10(16)13(11(5-8)21-2)19-7-9(6-17)12(18)14(19)15(20)22-3/h4-5,7H,18H2,1-3H3. The van der Waals surface area contributed by atoms with E-state index in [0.717, 1.165) is 5.56 Å². The summed E-state index contributed by atoms with van der Waals surface area (Å²) in [6.45, 7) is 1.92. The second kappa shape index (κ2) is 6.12. The van der Waals surface area contributed by atoms with Gasteiger partial charge in [0.1, 0.15) is 17.5 Å². The maximum atomic E-state index is 12.0. The molecule has 1 aromatic carbocycles. The van der Waals surface area contributed by atoms with Crippen molar-refractivity contribution >= 4 is 27.6 Å². The molecule has 22 heavy (non-hydrogen) atoms. The van der Waals surface area contributed by atoms with Crippen LogP contribution in [0.2, 0.25) is 0 Å². The largest absolute Gasteiger partial charge is 0.495 e. The van der Waals surface area contributed by atoms with Crippen LogP contribution in [-0.4, -0.2) is 24.8 Å². The van der Waals surface area contributed by atoms with E-state index in [1.807, 2.05) is 25.1 Å². The van der Waals surface area contributed by atoms with E-state index in [1.165, 1.54) is 25.0 Å². The Morgan fingerprint density at radius 1 is 1.41 bits per heavy atom. The first kappa shape index (κ1) is 15.9. The predicted molar refractivity (Wildman–Crippen MR) is 85.2 cm³/mol. The van der Waals surface area contributed by atoms with E-state index >= 15 is 0 Å². The summed E-state index contributed by atoms with van der Waals surface area (Å²) < 4.78 is 12.4. The minimum absolute atomic E-state index is 0.0730. The predicted octanol–water partition coefficient (Wildman–Crippen LogP) is 2.80. The van der Waals surface area contributed by atoms with Crippen molar-refractivity contribution in [3.8, 4) is 17.5 Å². The summed E-state index contributed by atoms with van der Waals surface area (Å²) in [7, 11) is 2.78. The molecular weight excluding hydrogens is 350 g/mol. The second-order valence-corrected chi connectivity index (χ2v) is 5.43. The number of esters is 1. The summed E-state index contributed by atoms with van der Waals surface area (Å²) >= 11 is 3.46. The monoisotopic (exact) mass is 363 g/mol. The third kappa shape index (κ3) is 2.53. The number of methoxy groups -OCH3 is 2. The van der Waals surface area contributed by atoms with E-state index in [9.17, 15) is 4.79 Å². The van der Waals surface area contributed by atoms with Gasteiger partial charge in [0.2, 0.25) is 0 Å². The molecular formula is C15H14BrN3O3. The Labute approximate surface area is 136 Å². The summed E-state index contributed by atoms with van der Waals surface area (Å²) in [4.78, 5) is 12.0. The molecule has 0 aliphatic heterocycles. The van der Waals surface area contributed by atoms with Gasteiger partial charge in [0, 0.05) is 10.7 Å². The maximum absolute atomic E-state index is 12.0. The van der Waals surface area contributed by atoms with Crippen molar-refractivity contribution in [3.63, 3.8) is 0 Å². The first-order valence-electron chi connectivity index (χ1n) is 6.28. The molecule has 0 unspecified atom stereocenters. The normalized spacial score (nSPS) is 10.1.